The van der Waals surface area contributed by atoms with Crippen LogP contribution < -0.4 is 0 Å². The van der Waals surface area contributed by atoms with Crippen molar-refractivity contribution in [3.05, 3.63) is 170 Å². The average Bonchev–Trinajstić information content (AvgIpc) is 3.65. The van der Waals surface area contributed by atoms with Gasteiger partial charge in [0.05, 0.1) is 22.1 Å². The molecule has 0 bridgehead atoms. The van der Waals surface area contributed by atoms with E-state index in [0.717, 1.165) is 5.69 Å². The summed E-state index contributed by atoms with van der Waals surface area (Å²) >= 11 is 0. The molecule has 0 aliphatic rings. The molecule has 0 aliphatic carbocycles. The first-order valence-electron chi connectivity index (χ1n) is 15.9. The van der Waals surface area contributed by atoms with Crippen molar-refractivity contribution in [3.63, 3.8) is 0 Å². The van der Waals surface area contributed by atoms with Crippen LogP contribution in [0.4, 0.5) is 0 Å². The summed E-state index contributed by atoms with van der Waals surface area (Å²) in [5.74, 6) is 0. The fraction of sp³-hybridized carbons (Fsp3) is 0. The van der Waals surface area contributed by atoms with Crippen LogP contribution in [0.15, 0.2) is 170 Å². The van der Waals surface area contributed by atoms with Crippen molar-refractivity contribution in [2.75, 3.05) is 0 Å². The lowest BCUT2D eigenvalue weighted by Gasteiger charge is -2.12. The quantitative estimate of drug-likeness (QED) is 0.195. The van der Waals surface area contributed by atoms with E-state index in [1.165, 1.54) is 82.0 Å². The van der Waals surface area contributed by atoms with Gasteiger partial charge in [-0.2, -0.15) is 0 Å². The smallest absolute Gasteiger partial charge is 0.0549 e. The molecule has 2 heteroatoms. The highest BCUT2D eigenvalue weighted by atomic mass is 15.0. The van der Waals surface area contributed by atoms with Crippen LogP contribution in [0.5, 0.6) is 0 Å². The Morgan fingerprint density at radius 1 is 0.304 bits per heavy atom. The van der Waals surface area contributed by atoms with Gasteiger partial charge < -0.3 is 9.13 Å². The molecule has 0 N–H and O–H groups in total. The van der Waals surface area contributed by atoms with E-state index in [4.69, 9.17) is 0 Å². The highest BCUT2D eigenvalue weighted by Crippen LogP contribution is 2.44. The Morgan fingerprint density at radius 2 is 0.848 bits per heavy atom. The average molecular weight is 585 g/mol. The third-order valence-electron chi connectivity index (χ3n) is 9.67. The predicted octanol–water partition coefficient (Wildman–Crippen LogP) is 11.9. The van der Waals surface area contributed by atoms with Crippen LogP contribution in [0.2, 0.25) is 0 Å². The molecule has 0 radical (unpaired) electrons. The van der Waals surface area contributed by atoms with Crippen molar-refractivity contribution >= 4 is 65.2 Å². The maximum absolute atomic E-state index is 2.47. The minimum atomic E-state index is 1.16. The van der Waals surface area contributed by atoms with Gasteiger partial charge in [0.1, 0.15) is 0 Å². The number of aromatic nitrogens is 2. The summed E-state index contributed by atoms with van der Waals surface area (Å²) in [5, 5.41) is 10.2. The number of fused-ring (bicyclic) bond motifs is 10. The lowest BCUT2D eigenvalue weighted by atomic mass is 9.98. The first-order valence-corrected chi connectivity index (χ1v) is 15.9. The van der Waals surface area contributed by atoms with Gasteiger partial charge in [0.25, 0.3) is 0 Å². The van der Waals surface area contributed by atoms with Crippen molar-refractivity contribution in [1.29, 1.82) is 0 Å². The number of hydrogen-bond acceptors (Lipinski definition) is 0. The summed E-state index contributed by atoms with van der Waals surface area (Å²) in [6.07, 6.45) is 0. The Hall–Kier alpha value is -6.12. The molecule has 0 amide bonds. The van der Waals surface area contributed by atoms with Crippen LogP contribution in [-0.4, -0.2) is 9.13 Å². The van der Waals surface area contributed by atoms with Crippen LogP contribution in [0.1, 0.15) is 0 Å². The van der Waals surface area contributed by atoms with Crippen LogP contribution in [-0.2, 0) is 0 Å². The first kappa shape index (κ1) is 25.2. The largest absolute Gasteiger partial charge is 0.309 e. The Balaban J connectivity index is 1.36. The second kappa shape index (κ2) is 9.69. The van der Waals surface area contributed by atoms with E-state index in [1.54, 1.807) is 0 Å². The SMILES string of the molecule is c1ccc(-n2c3ccccc3c3c4c5c6ccccc6ccc5n(-c5cccc(-c6cccc7ccccc67)c5)c4ccc32)cc1. The van der Waals surface area contributed by atoms with Gasteiger partial charge >= 0.3 is 0 Å². The maximum Gasteiger partial charge on any atom is 0.0549 e. The molecule has 0 saturated heterocycles. The third-order valence-corrected chi connectivity index (χ3v) is 9.67. The summed E-state index contributed by atoms with van der Waals surface area (Å²) in [7, 11) is 0. The van der Waals surface area contributed by atoms with Gasteiger partial charge in [-0.3, -0.25) is 0 Å². The standard InChI is InChI=1S/C44H28N2/c1-2-16-32(17-3-1)45-38-23-9-8-21-37(38)43-40(45)26-27-41-44(43)42-36-20-7-5-13-30(36)24-25-39(42)46(41)33-18-10-15-31(28-33)35-22-11-14-29-12-4-6-19-34(29)35/h1-28H. The normalized spacial score (nSPS) is 11.9. The monoisotopic (exact) mass is 584 g/mol. The summed E-state index contributed by atoms with van der Waals surface area (Å²) < 4.78 is 4.89. The Kier molecular flexibility index (Phi) is 5.31. The van der Waals surface area contributed by atoms with Crippen LogP contribution in [0, 0.1) is 0 Å². The van der Waals surface area contributed by atoms with Crippen molar-refractivity contribution in [3.8, 4) is 22.5 Å². The highest BCUT2D eigenvalue weighted by molar-refractivity contribution is 6.33. The molecule has 2 heterocycles. The third kappa shape index (κ3) is 3.53. The molecule has 0 atom stereocenters. The Labute approximate surface area is 266 Å². The molecule has 0 spiro atoms. The van der Waals surface area contributed by atoms with Crippen LogP contribution in [0.3, 0.4) is 0 Å². The van der Waals surface area contributed by atoms with E-state index in [-0.39, 0.29) is 0 Å². The fourth-order valence-electron chi connectivity index (χ4n) is 7.75. The number of rotatable bonds is 3. The van der Waals surface area contributed by atoms with E-state index in [2.05, 4.69) is 179 Å². The summed E-state index contributed by atoms with van der Waals surface area (Å²) in [6.45, 7) is 0. The van der Waals surface area contributed by atoms with Gasteiger partial charge in [0, 0.05) is 32.9 Å². The van der Waals surface area contributed by atoms with E-state index >= 15 is 0 Å². The molecule has 0 saturated carbocycles. The zero-order valence-corrected chi connectivity index (χ0v) is 25.1. The van der Waals surface area contributed by atoms with E-state index in [9.17, 15) is 0 Å². The number of hydrogen-bond donors (Lipinski definition) is 0. The lowest BCUT2D eigenvalue weighted by Crippen LogP contribution is -1.95. The van der Waals surface area contributed by atoms with Crippen molar-refractivity contribution in [2.24, 2.45) is 0 Å². The van der Waals surface area contributed by atoms with Crippen molar-refractivity contribution in [2.45, 2.75) is 0 Å². The van der Waals surface area contributed by atoms with Crippen molar-refractivity contribution < 1.29 is 0 Å². The summed E-state index contributed by atoms with van der Waals surface area (Å²) in [5.41, 5.74) is 9.66. The highest BCUT2D eigenvalue weighted by Gasteiger charge is 2.22. The van der Waals surface area contributed by atoms with Gasteiger partial charge in [0.2, 0.25) is 0 Å². The Bertz CT molecular complexity index is 2790. The molecule has 0 aliphatic heterocycles. The van der Waals surface area contributed by atoms with Gasteiger partial charge in [0.15, 0.2) is 0 Å². The van der Waals surface area contributed by atoms with E-state index < -0.39 is 0 Å². The molecule has 0 unspecified atom stereocenters. The van der Waals surface area contributed by atoms with Gasteiger partial charge in [-0.15, -0.1) is 0 Å². The topological polar surface area (TPSA) is 9.86 Å². The first-order chi connectivity index (χ1) is 22.8. The molecule has 10 rings (SSSR count). The van der Waals surface area contributed by atoms with Gasteiger partial charge in [-0.05, 0) is 81.2 Å². The maximum atomic E-state index is 2.47. The summed E-state index contributed by atoms with van der Waals surface area (Å²) in [4.78, 5) is 0. The number of benzene rings is 8. The van der Waals surface area contributed by atoms with Crippen LogP contribution >= 0.6 is 0 Å². The molecule has 10 aromatic rings. The second-order valence-corrected chi connectivity index (χ2v) is 12.1. The second-order valence-electron chi connectivity index (χ2n) is 12.1. The van der Waals surface area contributed by atoms with Crippen molar-refractivity contribution in [1.82, 2.24) is 9.13 Å². The van der Waals surface area contributed by atoms with Gasteiger partial charge in [-0.1, -0.05) is 121 Å². The molecule has 8 aromatic carbocycles. The van der Waals surface area contributed by atoms with E-state index in [0.29, 0.717) is 0 Å². The molecule has 214 valence electrons. The van der Waals surface area contributed by atoms with E-state index in [1.807, 2.05) is 0 Å². The van der Waals surface area contributed by atoms with Gasteiger partial charge in [-0.25, -0.2) is 0 Å². The molecule has 2 aromatic heterocycles. The number of para-hydroxylation sites is 2. The van der Waals surface area contributed by atoms with Crippen LogP contribution in [0.25, 0.3) is 87.7 Å². The molecule has 2 nitrogen and oxygen atoms in total. The predicted molar refractivity (Wildman–Crippen MR) is 196 cm³/mol. The minimum Gasteiger partial charge on any atom is -0.309 e. The Morgan fingerprint density at radius 3 is 1.67 bits per heavy atom. The fourth-order valence-corrected chi connectivity index (χ4v) is 7.75. The zero-order chi connectivity index (χ0) is 30.2. The lowest BCUT2D eigenvalue weighted by molar-refractivity contribution is 1.17. The number of nitrogens with zero attached hydrogens (tertiary/aromatic N) is 2. The molecular formula is C44H28N2. The summed E-state index contributed by atoms with van der Waals surface area (Å²) in [6, 6.07) is 61.9. The molecule has 0 fully saturated rings. The zero-order valence-electron chi connectivity index (χ0n) is 25.1. The molecular weight excluding hydrogens is 556 g/mol. The molecule has 46 heavy (non-hydrogen) atoms. The minimum absolute atomic E-state index is 1.16.